The van der Waals surface area contributed by atoms with E-state index in [1.807, 2.05) is 18.0 Å². The lowest BCUT2D eigenvalue weighted by molar-refractivity contribution is -0.144. The van der Waals surface area contributed by atoms with E-state index in [-0.39, 0.29) is 41.7 Å². The van der Waals surface area contributed by atoms with Crippen LogP contribution in [-0.4, -0.2) is 44.6 Å². The van der Waals surface area contributed by atoms with Gasteiger partial charge in [-0.3, -0.25) is 9.79 Å². The second-order valence-electron chi connectivity index (χ2n) is 4.84. The molecule has 0 bridgehead atoms. The van der Waals surface area contributed by atoms with Crippen molar-refractivity contribution in [2.75, 3.05) is 27.7 Å². The van der Waals surface area contributed by atoms with Crippen molar-refractivity contribution in [3.8, 4) is 0 Å². The van der Waals surface area contributed by atoms with Crippen LogP contribution in [0.5, 0.6) is 0 Å². The van der Waals surface area contributed by atoms with Crippen molar-refractivity contribution in [2.24, 2.45) is 10.9 Å². The largest absolute Gasteiger partial charge is 0.469 e. The molecule has 22 heavy (non-hydrogen) atoms. The van der Waals surface area contributed by atoms with Crippen LogP contribution in [0.25, 0.3) is 0 Å². The quantitative estimate of drug-likeness (QED) is 0.342. The number of guanidine groups is 1. The first kappa shape index (κ1) is 20.6. The summed E-state index contributed by atoms with van der Waals surface area (Å²) in [5, 5.41) is 3.10. The van der Waals surface area contributed by atoms with Crippen molar-refractivity contribution in [3.63, 3.8) is 0 Å². The van der Waals surface area contributed by atoms with Crippen molar-refractivity contribution in [1.29, 1.82) is 0 Å². The van der Waals surface area contributed by atoms with E-state index in [9.17, 15) is 9.18 Å². The summed E-state index contributed by atoms with van der Waals surface area (Å²) in [6.07, 6.45) is 0. The van der Waals surface area contributed by atoms with Crippen LogP contribution < -0.4 is 5.32 Å². The van der Waals surface area contributed by atoms with Crippen LogP contribution in [0.3, 0.4) is 0 Å². The van der Waals surface area contributed by atoms with Gasteiger partial charge in [0.1, 0.15) is 5.82 Å². The molecule has 0 aromatic heterocycles. The molecule has 1 N–H and O–H groups in total. The maximum absolute atomic E-state index is 13.2. The number of nitrogens with zero attached hydrogens (tertiary/aromatic N) is 2. The Morgan fingerprint density at radius 3 is 2.73 bits per heavy atom. The Bertz CT molecular complexity index is 511. The summed E-state index contributed by atoms with van der Waals surface area (Å²) in [6, 6.07) is 6.42. The standard InChI is InChI=1S/C15H22FN3O2.HI/c1-11(14(20)21-4)9-18-15(17-2)19(3)10-12-6-5-7-13(16)8-12;/h5-8,11H,9-10H2,1-4H3,(H,17,18);1H. The molecular weight excluding hydrogens is 400 g/mol. The molecule has 1 atom stereocenters. The molecule has 124 valence electrons. The number of esters is 1. The zero-order valence-electron chi connectivity index (χ0n) is 13.3. The maximum Gasteiger partial charge on any atom is 0.310 e. The van der Waals surface area contributed by atoms with Crippen LogP contribution in [0, 0.1) is 11.7 Å². The van der Waals surface area contributed by atoms with Crippen LogP contribution >= 0.6 is 24.0 Å². The Balaban J connectivity index is 0.00000441. The summed E-state index contributed by atoms with van der Waals surface area (Å²) in [5.74, 6) is -0.168. The van der Waals surface area contributed by atoms with Gasteiger partial charge in [-0.1, -0.05) is 19.1 Å². The molecule has 0 fully saturated rings. The van der Waals surface area contributed by atoms with Crippen LogP contribution in [0.4, 0.5) is 4.39 Å². The topological polar surface area (TPSA) is 53.9 Å². The molecule has 0 saturated heterocycles. The predicted molar refractivity (Wildman–Crippen MR) is 95.8 cm³/mol. The van der Waals surface area contributed by atoms with Gasteiger partial charge in [0.2, 0.25) is 0 Å². The minimum Gasteiger partial charge on any atom is -0.469 e. The molecule has 5 nitrogen and oxygen atoms in total. The molecule has 1 unspecified atom stereocenters. The smallest absolute Gasteiger partial charge is 0.310 e. The van der Waals surface area contributed by atoms with Gasteiger partial charge < -0.3 is 15.0 Å². The zero-order chi connectivity index (χ0) is 15.8. The molecular formula is C15H23FIN3O2. The number of hydrogen-bond donors (Lipinski definition) is 1. The summed E-state index contributed by atoms with van der Waals surface area (Å²) in [5.41, 5.74) is 0.849. The van der Waals surface area contributed by atoms with Gasteiger partial charge in [-0.2, -0.15) is 0 Å². The second-order valence-corrected chi connectivity index (χ2v) is 4.84. The molecule has 1 aromatic rings. The summed E-state index contributed by atoms with van der Waals surface area (Å²) in [7, 11) is 4.87. The minimum atomic E-state index is -0.272. The van der Waals surface area contributed by atoms with E-state index >= 15 is 0 Å². The van der Waals surface area contributed by atoms with E-state index in [4.69, 9.17) is 0 Å². The van der Waals surface area contributed by atoms with Crippen LogP contribution in [0.1, 0.15) is 12.5 Å². The van der Waals surface area contributed by atoms with Gasteiger partial charge in [-0.25, -0.2) is 4.39 Å². The van der Waals surface area contributed by atoms with Crippen molar-refractivity contribution in [2.45, 2.75) is 13.5 Å². The highest BCUT2D eigenvalue weighted by Crippen LogP contribution is 2.06. The third kappa shape index (κ3) is 6.59. The fourth-order valence-electron chi connectivity index (χ4n) is 1.90. The van der Waals surface area contributed by atoms with Gasteiger partial charge in [0.05, 0.1) is 13.0 Å². The van der Waals surface area contributed by atoms with Gasteiger partial charge in [0.15, 0.2) is 5.96 Å². The number of carbonyl (C=O) groups is 1. The van der Waals surface area contributed by atoms with E-state index in [1.165, 1.54) is 19.2 Å². The Morgan fingerprint density at radius 2 is 2.18 bits per heavy atom. The second kappa shape index (κ2) is 10.4. The average molecular weight is 423 g/mol. The monoisotopic (exact) mass is 423 g/mol. The molecule has 0 aliphatic carbocycles. The Kier molecular flexibility index (Phi) is 9.71. The fourth-order valence-corrected chi connectivity index (χ4v) is 1.90. The minimum absolute atomic E-state index is 0. The molecule has 0 saturated carbocycles. The molecule has 1 rings (SSSR count). The third-order valence-corrected chi connectivity index (χ3v) is 3.05. The van der Waals surface area contributed by atoms with E-state index in [0.29, 0.717) is 19.0 Å². The highest BCUT2D eigenvalue weighted by Gasteiger charge is 2.14. The highest BCUT2D eigenvalue weighted by atomic mass is 127. The SMILES string of the molecule is CN=C(NCC(C)C(=O)OC)N(C)Cc1cccc(F)c1.I. The summed E-state index contributed by atoms with van der Waals surface area (Å²) < 4.78 is 17.8. The number of benzene rings is 1. The lowest BCUT2D eigenvalue weighted by Crippen LogP contribution is -2.41. The van der Waals surface area contributed by atoms with Crippen molar-refractivity contribution >= 4 is 35.9 Å². The molecule has 7 heteroatoms. The van der Waals surface area contributed by atoms with E-state index in [2.05, 4.69) is 15.0 Å². The number of hydrogen-bond acceptors (Lipinski definition) is 3. The predicted octanol–water partition coefficient (Wildman–Crippen LogP) is 2.26. The molecule has 0 aliphatic rings. The third-order valence-electron chi connectivity index (χ3n) is 3.05. The summed E-state index contributed by atoms with van der Waals surface area (Å²) >= 11 is 0. The zero-order valence-corrected chi connectivity index (χ0v) is 15.6. The summed E-state index contributed by atoms with van der Waals surface area (Å²) in [4.78, 5) is 17.4. The lowest BCUT2D eigenvalue weighted by atomic mass is 10.2. The van der Waals surface area contributed by atoms with Gasteiger partial charge in [-0.05, 0) is 17.7 Å². The number of carbonyl (C=O) groups excluding carboxylic acids is 1. The van der Waals surface area contributed by atoms with E-state index < -0.39 is 0 Å². The number of ether oxygens (including phenoxy) is 1. The first-order chi connectivity index (χ1) is 9.97. The number of nitrogens with one attached hydrogen (secondary N) is 1. The van der Waals surface area contributed by atoms with Gasteiger partial charge in [-0.15, -0.1) is 24.0 Å². The van der Waals surface area contributed by atoms with Crippen molar-refractivity contribution in [3.05, 3.63) is 35.6 Å². The number of aliphatic imine (C=N–C) groups is 1. The van der Waals surface area contributed by atoms with Gasteiger partial charge >= 0.3 is 5.97 Å². The summed E-state index contributed by atoms with van der Waals surface area (Å²) in [6.45, 7) is 2.72. The lowest BCUT2D eigenvalue weighted by Gasteiger charge is -2.23. The van der Waals surface area contributed by atoms with Crippen LogP contribution in [0.15, 0.2) is 29.3 Å². The highest BCUT2D eigenvalue weighted by molar-refractivity contribution is 14.0. The Morgan fingerprint density at radius 1 is 1.50 bits per heavy atom. The molecule has 0 aliphatic heterocycles. The van der Waals surface area contributed by atoms with Gasteiger partial charge in [0, 0.05) is 27.2 Å². The molecule has 0 spiro atoms. The van der Waals surface area contributed by atoms with Crippen LogP contribution in [0.2, 0.25) is 0 Å². The van der Waals surface area contributed by atoms with Crippen molar-refractivity contribution < 1.29 is 13.9 Å². The normalized spacial score (nSPS) is 12.1. The van der Waals surface area contributed by atoms with E-state index in [1.54, 1.807) is 20.0 Å². The number of rotatable bonds is 5. The molecule has 0 heterocycles. The molecule has 0 amide bonds. The first-order valence-corrected chi connectivity index (χ1v) is 6.72. The number of methoxy groups -OCH3 is 1. The van der Waals surface area contributed by atoms with Gasteiger partial charge in [0.25, 0.3) is 0 Å². The Labute approximate surface area is 148 Å². The van der Waals surface area contributed by atoms with Crippen LogP contribution in [-0.2, 0) is 16.1 Å². The van der Waals surface area contributed by atoms with E-state index in [0.717, 1.165) is 5.56 Å². The first-order valence-electron chi connectivity index (χ1n) is 6.72. The molecule has 1 aromatic carbocycles. The average Bonchev–Trinajstić information content (AvgIpc) is 2.46. The molecule has 0 radical (unpaired) electrons. The Hall–Kier alpha value is -1.38. The maximum atomic E-state index is 13.2. The fraction of sp³-hybridized carbons (Fsp3) is 0.467. The van der Waals surface area contributed by atoms with Crippen molar-refractivity contribution in [1.82, 2.24) is 10.2 Å². The number of halogens is 2.